The fourth-order valence-electron chi connectivity index (χ4n) is 2.17. The molecule has 0 saturated carbocycles. The summed E-state index contributed by atoms with van der Waals surface area (Å²) in [6.07, 6.45) is 1.58. The lowest BCUT2D eigenvalue weighted by atomic mass is 10.2. The summed E-state index contributed by atoms with van der Waals surface area (Å²) >= 11 is 1.36. The van der Waals surface area contributed by atoms with Crippen LogP contribution < -0.4 is 0 Å². The van der Waals surface area contributed by atoms with Crippen LogP contribution in [0.25, 0.3) is 10.6 Å². The van der Waals surface area contributed by atoms with Crippen LogP contribution in [0.3, 0.4) is 0 Å². The van der Waals surface area contributed by atoms with E-state index in [1.165, 1.54) is 23.5 Å². The number of benzene rings is 1. The highest BCUT2D eigenvalue weighted by Gasteiger charge is 2.22. The molecule has 0 bridgehead atoms. The fourth-order valence-corrected chi connectivity index (χ4v) is 2.97. The Kier molecular flexibility index (Phi) is 4.25. The summed E-state index contributed by atoms with van der Waals surface area (Å²) in [5.74, 6) is 0.238. The van der Waals surface area contributed by atoms with Gasteiger partial charge in [0.25, 0.3) is 5.91 Å². The van der Waals surface area contributed by atoms with E-state index in [0.717, 1.165) is 11.3 Å². The van der Waals surface area contributed by atoms with Gasteiger partial charge in [-0.25, -0.2) is 9.37 Å². The van der Waals surface area contributed by atoms with Crippen molar-refractivity contribution in [2.24, 2.45) is 0 Å². The molecule has 1 aromatic carbocycles. The molecule has 23 heavy (non-hydrogen) atoms. The highest BCUT2D eigenvalue weighted by atomic mass is 32.1. The van der Waals surface area contributed by atoms with E-state index in [1.54, 1.807) is 41.8 Å². The van der Waals surface area contributed by atoms with E-state index in [4.69, 9.17) is 4.42 Å². The van der Waals surface area contributed by atoms with Crippen LogP contribution >= 0.6 is 11.3 Å². The van der Waals surface area contributed by atoms with E-state index >= 15 is 0 Å². The number of carbonyl (C=O) groups excluding carboxylic acids is 1. The zero-order valence-corrected chi connectivity index (χ0v) is 13.5. The van der Waals surface area contributed by atoms with E-state index in [9.17, 15) is 9.18 Å². The molecule has 4 nitrogen and oxygen atoms in total. The molecule has 0 radical (unpaired) electrons. The normalized spacial score (nSPS) is 12.1. The van der Waals surface area contributed by atoms with Crippen molar-refractivity contribution < 1.29 is 13.6 Å². The average molecular weight is 330 g/mol. The molecule has 1 amide bonds. The number of nitrogens with zero attached hydrogens (tertiary/aromatic N) is 2. The van der Waals surface area contributed by atoms with Gasteiger partial charge in [0.1, 0.15) is 22.3 Å². The van der Waals surface area contributed by atoms with Crippen molar-refractivity contribution in [2.45, 2.75) is 13.0 Å². The molecule has 0 fully saturated rings. The van der Waals surface area contributed by atoms with E-state index in [0.29, 0.717) is 10.7 Å². The number of hydrogen-bond donors (Lipinski definition) is 0. The first-order valence-corrected chi connectivity index (χ1v) is 7.96. The van der Waals surface area contributed by atoms with Crippen LogP contribution in [0.15, 0.2) is 52.5 Å². The Morgan fingerprint density at radius 2 is 2.04 bits per heavy atom. The Hall–Kier alpha value is -2.47. The number of halogens is 1. The van der Waals surface area contributed by atoms with Gasteiger partial charge in [-0.2, -0.15) is 0 Å². The minimum absolute atomic E-state index is 0.182. The number of furan rings is 1. The molecular weight excluding hydrogens is 315 g/mol. The molecule has 0 saturated heterocycles. The van der Waals surface area contributed by atoms with Gasteiger partial charge in [-0.3, -0.25) is 4.79 Å². The van der Waals surface area contributed by atoms with Gasteiger partial charge in [0.2, 0.25) is 0 Å². The van der Waals surface area contributed by atoms with Gasteiger partial charge in [0.15, 0.2) is 0 Å². The first-order chi connectivity index (χ1) is 11.1. The third-order valence-electron chi connectivity index (χ3n) is 3.67. The molecule has 0 N–H and O–H groups in total. The summed E-state index contributed by atoms with van der Waals surface area (Å²) in [4.78, 5) is 18.5. The third-order valence-corrected chi connectivity index (χ3v) is 4.56. The molecule has 118 valence electrons. The lowest BCUT2D eigenvalue weighted by Gasteiger charge is -2.22. The van der Waals surface area contributed by atoms with Gasteiger partial charge in [-0.05, 0) is 43.3 Å². The Labute approximate surface area is 137 Å². The fraction of sp³-hybridized carbons (Fsp3) is 0.176. The molecule has 1 atom stereocenters. The standard InChI is InChI=1S/C17H15FN2O2S/c1-11(15-4-3-9-22-15)20(2)17(21)14-10-23-16(19-14)12-5-7-13(18)8-6-12/h3-11H,1-2H3. The van der Waals surface area contributed by atoms with Gasteiger partial charge < -0.3 is 9.32 Å². The van der Waals surface area contributed by atoms with Crippen molar-refractivity contribution in [2.75, 3.05) is 7.05 Å². The first kappa shape index (κ1) is 15.4. The molecule has 2 aromatic heterocycles. The smallest absolute Gasteiger partial charge is 0.273 e. The van der Waals surface area contributed by atoms with Crippen LogP contribution in [0.5, 0.6) is 0 Å². The number of hydrogen-bond acceptors (Lipinski definition) is 4. The van der Waals surface area contributed by atoms with Crippen LogP contribution in [0.2, 0.25) is 0 Å². The number of amides is 1. The minimum Gasteiger partial charge on any atom is -0.467 e. The topological polar surface area (TPSA) is 46.3 Å². The van der Waals surface area contributed by atoms with Crippen molar-refractivity contribution >= 4 is 17.2 Å². The summed E-state index contributed by atoms with van der Waals surface area (Å²) in [5.41, 5.74) is 1.16. The Morgan fingerprint density at radius 3 is 2.70 bits per heavy atom. The summed E-state index contributed by atoms with van der Waals surface area (Å²) in [5, 5.41) is 2.40. The Morgan fingerprint density at radius 1 is 1.30 bits per heavy atom. The maximum absolute atomic E-state index is 13.0. The van der Waals surface area contributed by atoms with Crippen molar-refractivity contribution in [1.29, 1.82) is 0 Å². The maximum atomic E-state index is 13.0. The molecule has 2 heterocycles. The number of thiazole rings is 1. The first-order valence-electron chi connectivity index (χ1n) is 7.08. The highest BCUT2D eigenvalue weighted by Crippen LogP contribution is 2.26. The van der Waals surface area contributed by atoms with Gasteiger partial charge in [0.05, 0.1) is 12.3 Å². The van der Waals surface area contributed by atoms with Gasteiger partial charge in [-0.15, -0.1) is 11.3 Å². The summed E-state index contributed by atoms with van der Waals surface area (Å²) in [6.45, 7) is 1.89. The van der Waals surface area contributed by atoms with E-state index in [2.05, 4.69) is 4.98 Å². The van der Waals surface area contributed by atoms with Crippen molar-refractivity contribution in [1.82, 2.24) is 9.88 Å². The quantitative estimate of drug-likeness (QED) is 0.713. The van der Waals surface area contributed by atoms with Crippen LogP contribution in [-0.2, 0) is 0 Å². The van der Waals surface area contributed by atoms with Gasteiger partial charge in [0, 0.05) is 18.0 Å². The van der Waals surface area contributed by atoms with Crippen LogP contribution in [0.4, 0.5) is 4.39 Å². The SMILES string of the molecule is CC(c1ccco1)N(C)C(=O)c1csc(-c2ccc(F)cc2)n1. The van der Waals surface area contributed by atoms with Crippen molar-refractivity contribution in [3.05, 3.63) is 65.3 Å². The molecule has 3 rings (SSSR count). The molecule has 0 aliphatic heterocycles. The maximum Gasteiger partial charge on any atom is 0.273 e. The lowest BCUT2D eigenvalue weighted by molar-refractivity contribution is 0.0721. The second-order valence-corrected chi connectivity index (χ2v) is 6.01. The summed E-state index contributed by atoms with van der Waals surface area (Å²) in [6, 6.07) is 9.49. The van der Waals surface area contributed by atoms with Gasteiger partial charge >= 0.3 is 0 Å². The van der Waals surface area contributed by atoms with E-state index in [-0.39, 0.29) is 17.8 Å². The molecule has 0 aliphatic carbocycles. The minimum atomic E-state index is -0.298. The molecule has 3 aromatic rings. The predicted octanol–water partition coefficient (Wildman–Crippen LogP) is 4.38. The Balaban J connectivity index is 1.79. The van der Waals surface area contributed by atoms with Gasteiger partial charge in [-0.1, -0.05) is 0 Å². The number of aromatic nitrogens is 1. The summed E-state index contributed by atoms with van der Waals surface area (Å²) in [7, 11) is 1.71. The molecule has 0 aliphatic rings. The summed E-state index contributed by atoms with van der Waals surface area (Å²) < 4.78 is 18.3. The largest absolute Gasteiger partial charge is 0.467 e. The zero-order chi connectivity index (χ0) is 16.4. The lowest BCUT2D eigenvalue weighted by Crippen LogP contribution is -2.29. The number of carbonyl (C=O) groups is 1. The third kappa shape index (κ3) is 3.17. The van der Waals surface area contributed by atoms with Crippen molar-refractivity contribution in [3.63, 3.8) is 0 Å². The number of rotatable bonds is 4. The predicted molar refractivity (Wildman–Crippen MR) is 86.7 cm³/mol. The molecule has 0 spiro atoms. The zero-order valence-electron chi connectivity index (χ0n) is 12.7. The highest BCUT2D eigenvalue weighted by molar-refractivity contribution is 7.13. The second-order valence-electron chi connectivity index (χ2n) is 5.15. The average Bonchev–Trinajstić information content (AvgIpc) is 3.25. The van der Waals surface area contributed by atoms with Crippen molar-refractivity contribution in [3.8, 4) is 10.6 Å². The second kappa shape index (κ2) is 6.34. The molecular formula is C17H15FN2O2S. The Bertz CT molecular complexity index is 796. The van der Waals surface area contributed by atoms with Crippen LogP contribution in [0.1, 0.15) is 29.2 Å². The molecule has 1 unspecified atom stereocenters. The van der Waals surface area contributed by atoms with Crippen LogP contribution in [0, 0.1) is 5.82 Å². The van der Waals surface area contributed by atoms with E-state index in [1.807, 2.05) is 13.0 Å². The van der Waals surface area contributed by atoms with Crippen LogP contribution in [-0.4, -0.2) is 22.8 Å². The molecule has 6 heteroatoms. The van der Waals surface area contributed by atoms with E-state index < -0.39 is 0 Å². The monoisotopic (exact) mass is 330 g/mol.